The van der Waals surface area contributed by atoms with E-state index in [1.807, 2.05) is 36.4 Å². The predicted octanol–water partition coefficient (Wildman–Crippen LogP) is 4.35. The number of ether oxygens (including phenoxy) is 1. The summed E-state index contributed by atoms with van der Waals surface area (Å²) in [6.45, 7) is 4.13. The zero-order valence-corrected chi connectivity index (χ0v) is 13.6. The second-order valence-corrected chi connectivity index (χ2v) is 5.94. The minimum atomic E-state index is -0.530. The highest BCUT2D eigenvalue weighted by Gasteiger charge is 2.13. The van der Waals surface area contributed by atoms with Gasteiger partial charge in [0, 0.05) is 10.9 Å². The molecule has 0 saturated heterocycles. The number of aliphatic hydroxyl groups is 1. The van der Waals surface area contributed by atoms with E-state index in [-0.39, 0.29) is 0 Å². The Kier molecular flexibility index (Phi) is 4.84. The van der Waals surface area contributed by atoms with Crippen molar-refractivity contribution in [2.24, 2.45) is 0 Å². The van der Waals surface area contributed by atoms with Gasteiger partial charge in [0.1, 0.15) is 5.75 Å². The fourth-order valence-electron chi connectivity index (χ4n) is 2.20. The van der Waals surface area contributed by atoms with Crippen molar-refractivity contribution < 1.29 is 9.84 Å². The molecule has 0 saturated carbocycles. The summed E-state index contributed by atoms with van der Waals surface area (Å²) in [4.78, 5) is 0. The van der Waals surface area contributed by atoms with Crippen molar-refractivity contribution in [3.8, 4) is 5.75 Å². The molecule has 2 nitrogen and oxygen atoms in total. The summed E-state index contributed by atoms with van der Waals surface area (Å²) in [6.07, 6.45) is 0.00276. The molecule has 0 amide bonds. The molecule has 1 N–H and O–H groups in total. The number of methoxy groups -OCH3 is 1. The van der Waals surface area contributed by atoms with E-state index < -0.39 is 6.10 Å². The summed E-state index contributed by atoms with van der Waals surface area (Å²) in [5, 5.41) is 10.4. The molecule has 1 atom stereocenters. The average molecular weight is 335 g/mol. The summed E-state index contributed by atoms with van der Waals surface area (Å²) in [7, 11) is 1.65. The molecule has 0 spiro atoms. The lowest BCUT2D eigenvalue weighted by atomic mass is 9.98. The second-order valence-electron chi connectivity index (χ2n) is 5.02. The van der Waals surface area contributed by atoms with Gasteiger partial charge in [-0.15, -0.1) is 0 Å². The first-order valence-corrected chi connectivity index (χ1v) is 7.38. The monoisotopic (exact) mass is 334 g/mol. The lowest BCUT2D eigenvalue weighted by Crippen LogP contribution is -2.04. The highest BCUT2D eigenvalue weighted by molar-refractivity contribution is 9.10. The largest absolute Gasteiger partial charge is 0.496 e. The van der Waals surface area contributed by atoms with Crippen molar-refractivity contribution in [3.05, 3.63) is 63.1 Å². The van der Waals surface area contributed by atoms with Crippen LogP contribution in [0, 0.1) is 13.8 Å². The summed E-state index contributed by atoms with van der Waals surface area (Å²) in [5.41, 5.74) is 4.37. The van der Waals surface area contributed by atoms with E-state index >= 15 is 0 Å². The zero-order chi connectivity index (χ0) is 14.7. The SMILES string of the molecule is COc1ccc(Br)cc1CC(O)c1ccc(C)c(C)c1. The van der Waals surface area contributed by atoms with E-state index in [2.05, 4.69) is 29.8 Å². The molecule has 2 aromatic rings. The molecule has 0 radical (unpaired) electrons. The molecule has 0 aliphatic rings. The minimum absolute atomic E-state index is 0.530. The van der Waals surface area contributed by atoms with Gasteiger partial charge in [0.05, 0.1) is 13.2 Å². The molecule has 2 aromatic carbocycles. The van der Waals surface area contributed by atoms with Crippen molar-refractivity contribution in [2.45, 2.75) is 26.4 Å². The number of aryl methyl sites for hydroxylation is 2. The van der Waals surface area contributed by atoms with Crippen LogP contribution in [0.3, 0.4) is 0 Å². The lowest BCUT2D eigenvalue weighted by Gasteiger charge is -2.15. The van der Waals surface area contributed by atoms with Crippen LogP contribution < -0.4 is 4.74 Å². The molecule has 1 unspecified atom stereocenters. The molecule has 3 heteroatoms. The van der Waals surface area contributed by atoms with Crippen LogP contribution in [-0.2, 0) is 6.42 Å². The summed E-state index contributed by atoms with van der Waals surface area (Å²) in [5.74, 6) is 0.802. The van der Waals surface area contributed by atoms with E-state index in [9.17, 15) is 5.11 Å². The Balaban J connectivity index is 2.24. The molecule has 20 heavy (non-hydrogen) atoms. The fourth-order valence-corrected chi connectivity index (χ4v) is 2.61. The molecule has 0 heterocycles. The summed E-state index contributed by atoms with van der Waals surface area (Å²) >= 11 is 3.46. The first-order chi connectivity index (χ1) is 9.51. The van der Waals surface area contributed by atoms with Crippen LogP contribution in [0.2, 0.25) is 0 Å². The second kappa shape index (κ2) is 6.42. The Morgan fingerprint density at radius 1 is 1.10 bits per heavy atom. The van der Waals surface area contributed by atoms with Crippen LogP contribution in [0.4, 0.5) is 0 Å². The number of aliphatic hydroxyl groups excluding tert-OH is 1. The first kappa shape index (κ1) is 15.1. The molecule has 0 aliphatic carbocycles. The van der Waals surface area contributed by atoms with Gasteiger partial charge in [-0.25, -0.2) is 0 Å². The Labute approximate surface area is 128 Å². The fraction of sp³-hybridized carbons (Fsp3) is 0.294. The number of benzene rings is 2. The average Bonchev–Trinajstić information content (AvgIpc) is 2.42. The van der Waals surface area contributed by atoms with E-state index in [0.29, 0.717) is 6.42 Å². The molecule has 0 bridgehead atoms. The third-order valence-electron chi connectivity index (χ3n) is 3.57. The van der Waals surface area contributed by atoms with Gasteiger partial charge >= 0.3 is 0 Å². The molecule has 0 fully saturated rings. The van der Waals surface area contributed by atoms with Gasteiger partial charge in [-0.05, 0) is 54.3 Å². The third kappa shape index (κ3) is 3.41. The van der Waals surface area contributed by atoms with Crippen molar-refractivity contribution >= 4 is 15.9 Å². The van der Waals surface area contributed by atoms with Gasteiger partial charge in [-0.1, -0.05) is 34.1 Å². The number of halogens is 1. The Morgan fingerprint density at radius 3 is 2.50 bits per heavy atom. The van der Waals surface area contributed by atoms with E-state index in [1.54, 1.807) is 7.11 Å². The maximum Gasteiger partial charge on any atom is 0.122 e. The van der Waals surface area contributed by atoms with E-state index in [1.165, 1.54) is 11.1 Å². The number of rotatable bonds is 4. The minimum Gasteiger partial charge on any atom is -0.496 e. The van der Waals surface area contributed by atoms with Gasteiger partial charge in [-0.2, -0.15) is 0 Å². The highest BCUT2D eigenvalue weighted by Crippen LogP contribution is 2.28. The van der Waals surface area contributed by atoms with Crippen LogP contribution in [0.1, 0.15) is 28.4 Å². The van der Waals surface area contributed by atoms with E-state index in [4.69, 9.17) is 4.74 Å². The van der Waals surface area contributed by atoms with Crippen molar-refractivity contribution in [1.29, 1.82) is 0 Å². The van der Waals surface area contributed by atoms with Crippen molar-refractivity contribution in [3.63, 3.8) is 0 Å². The smallest absolute Gasteiger partial charge is 0.122 e. The molecule has 0 aromatic heterocycles. The highest BCUT2D eigenvalue weighted by atomic mass is 79.9. The van der Waals surface area contributed by atoms with Gasteiger partial charge < -0.3 is 9.84 Å². The quantitative estimate of drug-likeness (QED) is 0.900. The maximum absolute atomic E-state index is 10.4. The molecular weight excluding hydrogens is 316 g/mol. The topological polar surface area (TPSA) is 29.5 Å². The van der Waals surface area contributed by atoms with Gasteiger partial charge in [-0.3, -0.25) is 0 Å². The van der Waals surface area contributed by atoms with E-state index in [0.717, 1.165) is 21.3 Å². The lowest BCUT2D eigenvalue weighted by molar-refractivity contribution is 0.177. The zero-order valence-electron chi connectivity index (χ0n) is 12.0. The maximum atomic E-state index is 10.4. The van der Waals surface area contributed by atoms with Gasteiger partial charge in [0.25, 0.3) is 0 Å². The van der Waals surface area contributed by atoms with Crippen LogP contribution in [0.25, 0.3) is 0 Å². The Morgan fingerprint density at radius 2 is 1.85 bits per heavy atom. The molecule has 0 aliphatic heterocycles. The van der Waals surface area contributed by atoms with Crippen molar-refractivity contribution in [2.75, 3.05) is 7.11 Å². The van der Waals surface area contributed by atoms with Crippen LogP contribution in [-0.4, -0.2) is 12.2 Å². The molecule has 106 valence electrons. The Hall–Kier alpha value is -1.32. The Bertz CT molecular complexity index is 608. The normalized spacial score (nSPS) is 12.2. The standard InChI is InChI=1S/C17H19BrO2/c1-11-4-5-13(8-12(11)2)16(19)10-14-9-15(18)6-7-17(14)20-3/h4-9,16,19H,10H2,1-3H3. The van der Waals surface area contributed by atoms with Gasteiger partial charge in [0.2, 0.25) is 0 Å². The first-order valence-electron chi connectivity index (χ1n) is 6.59. The van der Waals surface area contributed by atoms with Gasteiger partial charge in [0.15, 0.2) is 0 Å². The number of hydrogen-bond acceptors (Lipinski definition) is 2. The summed E-state index contributed by atoms with van der Waals surface area (Å²) < 4.78 is 6.33. The van der Waals surface area contributed by atoms with Crippen LogP contribution in [0.15, 0.2) is 40.9 Å². The molecular formula is C17H19BrO2. The third-order valence-corrected chi connectivity index (χ3v) is 4.06. The number of hydrogen-bond donors (Lipinski definition) is 1. The molecule has 2 rings (SSSR count). The van der Waals surface area contributed by atoms with Crippen LogP contribution >= 0.6 is 15.9 Å². The van der Waals surface area contributed by atoms with Crippen molar-refractivity contribution in [1.82, 2.24) is 0 Å². The predicted molar refractivity (Wildman–Crippen MR) is 85.3 cm³/mol. The summed E-state index contributed by atoms with van der Waals surface area (Å²) in [6, 6.07) is 11.9. The van der Waals surface area contributed by atoms with Crippen LogP contribution in [0.5, 0.6) is 5.75 Å².